The topological polar surface area (TPSA) is 85.8 Å². The van der Waals surface area contributed by atoms with E-state index in [-0.39, 0.29) is 11.5 Å². The summed E-state index contributed by atoms with van der Waals surface area (Å²) < 4.78 is 2.57. The first-order chi connectivity index (χ1) is 13.8. The minimum Gasteiger partial charge on any atom is -0.369 e. The fraction of sp³-hybridized carbons (Fsp3) is 0.409. The van der Waals surface area contributed by atoms with E-state index < -0.39 is 0 Å². The molecule has 7 nitrogen and oxygen atoms in total. The number of nitrogen functional groups attached to an aromatic ring is 1. The third kappa shape index (κ3) is 5.32. The number of unbranched alkanes of at least 4 members (excludes halogenated alkanes) is 1. The zero-order valence-corrected chi connectivity index (χ0v) is 17.8. The summed E-state index contributed by atoms with van der Waals surface area (Å²) in [4.78, 5) is 21.7. The third-order valence-electron chi connectivity index (χ3n) is 4.70. The summed E-state index contributed by atoms with van der Waals surface area (Å²) in [5.41, 5.74) is 8.63. The number of nitrogens with zero attached hydrogens (tertiary/aromatic N) is 4. The van der Waals surface area contributed by atoms with Gasteiger partial charge in [-0.1, -0.05) is 37.6 Å². The average molecular weight is 396 g/mol. The average Bonchev–Trinajstić information content (AvgIpc) is 2.64. The molecule has 0 aliphatic rings. The molecule has 2 aromatic heterocycles. The molecule has 0 bridgehead atoms. The van der Waals surface area contributed by atoms with Gasteiger partial charge in [-0.05, 0) is 18.1 Å². The summed E-state index contributed by atoms with van der Waals surface area (Å²) in [5, 5.41) is 3.73. The Morgan fingerprint density at radius 2 is 1.76 bits per heavy atom. The van der Waals surface area contributed by atoms with Crippen LogP contribution >= 0.6 is 0 Å². The number of hydrogen-bond acceptors (Lipinski definition) is 5. The Kier molecular flexibility index (Phi) is 6.17. The zero-order valence-electron chi connectivity index (χ0n) is 17.8. The van der Waals surface area contributed by atoms with Crippen molar-refractivity contribution in [3.8, 4) is 0 Å². The highest BCUT2D eigenvalue weighted by molar-refractivity contribution is 5.89. The molecule has 0 saturated heterocycles. The lowest BCUT2D eigenvalue weighted by molar-refractivity contribution is -0.884. The number of quaternary nitrogens is 1. The number of nitrogens with two attached hydrogens (primary N) is 1. The van der Waals surface area contributed by atoms with Crippen LogP contribution in [0.25, 0.3) is 10.9 Å². The van der Waals surface area contributed by atoms with E-state index in [4.69, 9.17) is 5.73 Å². The number of fused-ring (bicyclic) bond motifs is 1. The Morgan fingerprint density at radius 1 is 1.07 bits per heavy atom. The predicted octanol–water partition coefficient (Wildman–Crippen LogP) is 2.84. The van der Waals surface area contributed by atoms with Gasteiger partial charge >= 0.3 is 0 Å². The minimum atomic E-state index is -0.114. The highest BCUT2D eigenvalue weighted by Gasteiger charge is 2.13. The quantitative estimate of drug-likeness (QED) is 0.452. The van der Waals surface area contributed by atoms with Gasteiger partial charge in [-0.25, -0.2) is 4.98 Å². The van der Waals surface area contributed by atoms with Crippen LogP contribution < -0.4 is 16.6 Å². The molecule has 0 saturated carbocycles. The molecule has 0 aliphatic heterocycles. The Morgan fingerprint density at radius 3 is 2.41 bits per heavy atom. The smallest absolute Gasteiger partial charge is 0.264 e. The minimum absolute atomic E-state index is 0.114. The number of anilines is 2. The highest BCUT2D eigenvalue weighted by atomic mass is 16.1. The molecule has 3 N–H and O–H groups in total. The Balaban J connectivity index is 1.90. The van der Waals surface area contributed by atoms with Crippen LogP contribution in [0.2, 0.25) is 0 Å². The van der Waals surface area contributed by atoms with Crippen molar-refractivity contribution in [3.63, 3.8) is 0 Å². The van der Waals surface area contributed by atoms with Crippen molar-refractivity contribution in [2.45, 2.75) is 32.9 Å². The van der Waals surface area contributed by atoms with E-state index in [1.54, 1.807) is 10.8 Å². The van der Waals surface area contributed by atoms with Crippen LogP contribution in [0.15, 0.2) is 41.3 Å². The molecule has 0 atom stereocenters. The summed E-state index contributed by atoms with van der Waals surface area (Å²) in [6, 6.07) is 10.3. The van der Waals surface area contributed by atoms with Crippen molar-refractivity contribution in [2.75, 3.05) is 38.7 Å². The molecule has 7 heteroatoms. The fourth-order valence-corrected chi connectivity index (χ4v) is 3.33. The maximum absolute atomic E-state index is 13.2. The zero-order chi connectivity index (χ0) is 21.0. The number of rotatable bonds is 8. The molecule has 2 heterocycles. The lowest BCUT2D eigenvalue weighted by atomic mass is 10.1. The Hall–Kier alpha value is -2.93. The predicted molar refractivity (Wildman–Crippen MR) is 119 cm³/mol. The maximum Gasteiger partial charge on any atom is 0.264 e. The van der Waals surface area contributed by atoms with E-state index in [9.17, 15) is 4.79 Å². The number of hydrogen-bond donors (Lipinski definition) is 2. The van der Waals surface area contributed by atoms with Gasteiger partial charge in [0.05, 0.1) is 33.2 Å². The lowest BCUT2D eigenvalue weighted by Gasteiger charge is -2.23. The Labute approximate surface area is 171 Å². The van der Waals surface area contributed by atoms with Crippen LogP contribution in [-0.4, -0.2) is 46.7 Å². The van der Waals surface area contributed by atoms with Gasteiger partial charge in [0.1, 0.15) is 17.7 Å². The molecule has 0 radical (unpaired) electrons. The van der Waals surface area contributed by atoms with E-state index in [0.29, 0.717) is 23.3 Å². The van der Waals surface area contributed by atoms with Crippen LogP contribution in [0.4, 0.5) is 11.8 Å². The monoisotopic (exact) mass is 395 g/mol. The molecule has 3 rings (SSSR count). The van der Waals surface area contributed by atoms with Gasteiger partial charge < -0.3 is 20.1 Å². The molecule has 0 aliphatic carbocycles. The fourth-order valence-electron chi connectivity index (χ4n) is 3.33. The second-order valence-corrected chi connectivity index (χ2v) is 8.48. The summed E-state index contributed by atoms with van der Waals surface area (Å²) in [6.45, 7) is 4.32. The summed E-state index contributed by atoms with van der Waals surface area (Å²) in [5.74, 6) is 0.681. The van der Waals surface area contributed by atoms with Gasteiger partial charge in [-0.3, -0.25) is 4.79 Å². The van der Waals surface area contributed by atoms with E-state index in [1.807, 2.05) is 6.07 Å². The van der Waals surface area contributed by atoms with Crippen molar-refractivity contribution in [1.82, 2.24) is 14.5 Å². The van der Waals surface area contributed by atoms with E-state index in [1.165, 1.54) is 5.56 Å². The molecule has 0 fully saturated rings. The summed E-state index contributed by atoms with van der Waals surface area (Å²) >= 11 is 0. The number of pyridine rings is 1. The number of aromatic nitrogens is 3. The largest absolute Gasteiger partial charge is 0.369 e. The Bertz CT molecular complexity index is 1030. The van der Waals surface area contributed by atoms with Crippen molar-refractivity contribution in [1.29, 1.82) is 0 Å². The van der Waals surface area contributed by atoms with Crippen LogP contribution in [0.1, 0.15) is 30.9 Å². The normalized spacial score (nSPS) is 11.7. The molecule has 154 valence electrons. The van der Waals surface area contributed by atoms with Crippen molar-refractivity contribution >= 4 is 22.7 Å². The third-order valence-corrected chi connectivity index (χ3v) is 4.70. The maximum atomic E-state index is 13.2. The SMILES string of the molecule is CCCCNc1nc(N)nc2ccn(Cc3ccc(C[N+](C)(C)C)cc3)c(=O)c12. The van der Waals surface area contributed by atoms with Gasteiger partial charge in [0.25, 0.3) is 5.56 Å². The van der Waals surface area contributed by atoms with Gasteiger partial charge in [-0.2, -0.15) is 4.98 Å². The number of nitrogens with one attached hydrogen (secondary N) is 1. The molecule has 0 spiro atoms. The number of benzene rings is 1. The molecular formula is C22H31N6O+. The molecule has 1 aromatic carbocycles. The van der Waals surface area contributed by atoms with Crippen LogP contribution in [0.3, 0.4) is 0 Å². The first-order valence-corrected chi connectivity index (χ1v) is 10.1. The van der Waals surface area contributed by atoms with Crippen LogP contribution in [-0.2, 0) is 13.1 Å². The molecule has 0 unspecified atom stereocenters. The van der Waals surface area contributed by atoms with Crippen molar-refractivity contribution < 1.29 is 4.48 Å². The van der Waals surface area contributed by atoms with Gasteiger partial charge in [-0.15, -0.1) is 0 Å². The van der Waals surface area contributed by atoms with E-state index in [0.717, 1.165) is 36.0 Å². The highest BCUT2D eigenvalue weighted by Crippen LogP contribution is 2.18. The van der Waals surface area contributed by atoms with E-state index >= 15 is 0 Å². The van der Waals surface area contributed by atoms with Crippen molar-refractivity contribution in [3.05, 3.63) is 58.0 Å². The standard InChI is InChI=1S/C22H30N6O/c1-5-6-12-24-20-19-18(25-22(23)26-20)11-13-27(21(19)29)14-16-7-9-17(10-8-16)15-28(2,3)4/h7-11,13H,5-6,12,14-15H2,1-4H3,(H2-,23,24,25,26,29)/p+1. The van der Waals surface area contributed by atoms with Gasteiger partial charge in [0, 0.05) is 18.3 Å². The van der Waals surface area contributed by atoms with Crippen LogP contribution in [0.5, 0.6) is 0 Å². The summed E-state index contributed by atoms with van der Waals surface area (Å²) in [6.07, 6.45) is 3.82. The van der Waals surface area contributed by atoms with Crippen molar-refractivity contribution in [2.24, 2.45) is 0 Å². The summed E-state index contributed by atoms with van der Waals surface area (Å²) in [7, 11) is 6.51. The molecule has 3 aromatic rings. The van der Waals surface area contributed by atoms with Gasteiger partial charge in [0.15, 0.2) is 0 Å². The molecule has 0 amide bonds. The first-order valence-electron chi connectivity index (χ1n) is 10.1. The van der Waals surface area contributed by atoms with E-state index in [2.05, 4.69) is 67.6 Å². The van der Waals surface area contributed by atoms with Crippen LogP contribution in [0, 0.1) is 0 Å². The second kappa shape index (κ2) is 8.61. The first kappa shape index (κ1) is 20.8. The second-order valence-electron chi connectivity index (χ2n) is 8.48. The molecule has 29 heavy (non-hydrogen) atoms. The van der Waals surface area contributed by atoms with Gasteiger partial charge in [0.2, 0.25) is 5.95 Å². The molecular weight excluding hydrogens is 364 g/mol. The lowest BCUT2D eigenvalue weighted by Crippen LogP contribution is -2.33.